The standard InChI is InChI=1S/C12H16N2S2/c1-12(2,13)6-5-11-14-9(8-16-11)10-4-3-7-15-10/h3-4,7-8H,5-6,13H2,1-2H3. The minimum absolute atomic E-state index is 0.102. The van der Waals surface area contributed by atoms with Gasteiger partial charge in [0.25, 0.3) is 0 Å². The first kappa shape index (κ1) is 11.8. The predicted octanol–water partition coefficient (Wildman–Crippen LogP) is 3.54. The molecule has 2 aromatic rings. The number of thiophene rings is 1. The number of aromatic nitrogens is 1. The molecule has 0 unspecified atom stereocenters. The van der Waals surface area contributed by atoms with E-state index >= 15 is 0 Å². The molecule has 0 radical (unpaired) electrons. The summed E-state index contributed by atoms with van der Waals surface area (Å²) in [5, 5.41) is 5.39. The minimum Gasteiger partial charge on any atom is -0.326 e. The van der Waals surface area contributed by atoms with Gasteiger partial charge in [-0.25, -0.2) is 4.98 Å². The molecule has 0 spiro atoms. The Hall–Kier alpha value is -0.710. The van der Waals surface area contributed by atoms with Crippen molar-refractivity contribution >= 4 is 22.7 Å². The number of hydrogen-bond acceptors (Lipinski definition) is 4. The smallest absolute Gasteiger partial charge is 0.0933 e. The lowest BCUT2D eigenvalue weighted by Gasteiger charge is -2.16. The molecule has 0 aliphatic heterocycles. The van der Waals surface area contributed by atoms with Crippen molar-refractivity contribution in [3.63, 3.8) is 0 Å². The lowest BCUT2D eigenvalue weighted by atomic mass is 10.0. The van der Waals surface area contributed by atoms with Crippen LogP contribution in [0.3, 0.4) is 0 Å². The van der Waals surface area contributed by atoms with E-state index in [4.69, 9.17) is 5.73 Å². The van der Waals surface area contributed by atoms with Crippen molar-refractivity contribution < 1.29 is 0 Å². The summed E-state index contributed by atoms with van der Waals surface area (Å²) in [6, 6.07) is 4.17. The van der Waals surface area contributed by atoms with Crippen LogP contribution >= 0.6 is 22.7 Å². The molecule has 0 amide bonds. The van der Waals surface area contributed by atoms with E-state index in [1.165, 1.54) is 9.88 Å². The van der Waals surface area contributed by atoms with E-state index in [0.29, 0.717) is 0 Å². The first-order valence-corrected chi connectivity index (χ1v) is 7.08. The van der Waals surface area contributed by atoms with Crippen molar-refractivity contribution in [3.8, 4) is 10.6 Å². The molecular formula is C12H16N2S2. The average Bonchev–Trinajstić information content (AvgIpc) is 2.84. The van der Waals surface area contributed by atoms with Crippen molar-refractivity contribution in [2.45, 2.75) is 32.2 Å². The number of hydrogen-bond donors (Lipinski definition) is 1. The third-order valence-electron chi connectivity index (χ3n) is 2.31. The number of rotatable bonds is 4. The molecule has 0 atom stereocenters. The van der Waals surface area contributed by atoms with Crippen molar-refractivity contribution in [3.05, 3.63) is 27.9 Å². The summed E-state index contributed by atoms with van der Waals surface area (Å²) in [7, 11) is 0. The lowest BCUT2D eigenvalue weighted by molar-refractivity contribution is 0.476. The summed E-state index contributed by atoms with van der Waals surface area (Å²) >= 11 is 3.46. The number of nitrogens with zero attached hydrogens (tertiary/aromatic N) is 1. The minimum atomic E-state index is -0.102. The van der Waals surface area contributed by atoms with Crippen LogP contribution in [0, 0.1) is 0 Å². The highest BCUT2D eigenvalue weighted by Crippen LogP contribution is 2.26. The van der Waals surface area contributed by atoms with Crippen molar-refractivity contribution in [2.24, 2.45) is 5.73 Å². The van der Waals surface area contributed by atoms with Gasteiger partial charge in [-0.1, -0.05) is 6.07 Å². The van der Waals surface area contributed by atoms with Gasteiger partial charge in [0.05, 0.1) is 15.6 Å². The van der Waals surface area contributed by atoms with Gasteiger partial charge in [-0.15, -0.1) is 22.7 Å². The summed E-state index contributed by atoms with van der Waals surface area (Å²) in [4.78, 5) is 5.87. The summed E-state index contributed by atoms with van der Waals surface area (Å²) < 4.78 is 0. The summed E-state index contributed by atoms with van der Waals surface area (Å²) in [6.07, 6.45) is 1.95. The van der Waals surface area contributed by atoms with E-state index in [-0.39, 0.29) is 5.54 Å². The van der Waals surface area contributed by atoms with Crippen LogP contribution < -0.4 is 5.73 Å². The zero-order chi connectivity index (χ0) is 11.6. The maximum absolute atomic E-state index is 5.96. The van der Waals surface area contributed by atoms with E-state index in [9.17, 15) is 0 Å². The summed E-state index contributed by atoms with van der Waals surface area (Å²) in [5.74, 6) is 0. The second-order valence-corrected chi connectivity index (χ2v) is 6.48. The normalized spacial score (nSPS) is 11.9. The predicted molar refractivity (Wildman–Crippen MR) is 72.0 cm³/mol. The SMILES string of the molecule is CC(C)(N)CCc1nc(-c2cccs2)cs1. The van der Waals surface area contributed by atoms with Crippen LogP contribution in [-0.4, -0.2) is 10.5 Å². The largest absolute Gasteiger partial charge is 0.326 e. The highest BCUT2D eigenvalue weighted by atomic mass is 32.1. The topological polar surface area (TPSA) is 38.9 Å². The Morgan fingerprint density at radius 1 is 1.38 bits per heavy atom. The molecule has 0 saturated carbocycles. The molecule has 0 aromatic carbocycles. The van der Waals surface area contributed by atoms with E-state index in [2.05, 4.69) is 41.7 Å². The van der Waals surface area contributed by atoms with Crippen LogP contribution in [0.5, 0.6) is 0 Å². The van der Waals surface area contributed by atoms with Gasteiger partial charge in [-0.05, 0) is 31.7 Å². The molecule has 2 heterocycles. The van der Waals surface area contributed by atoms with Gasteiger partial charge in [0.1, 0.15) is 0 Å². The first-order chi connectivity index (χ1) is 7.54. The third-order valence-corrected chi connectivity index (χ3v) is 4.11. The van der Waals surface area contributed by atoms with Gasteiger partial charge in [0, 0.05) is 17.3 Å². The van der Waals surface area contributed by atoms with Crippen LogP contribution in [-0.2, 0) is 6.42 Å². The molecule has 0 aliphatic carbocycles. The Balaban J connectivity index is 2.03. The van der Waals surface area contributed by atoms with Crippen molar-refractivity contribution in [1.82, 2.24) is 4.98 Å². The quantitative estimate of drug-likeness (QED) is 0.904. The third kappa shape index (κ3) is 3.14. The van der Waals surface area contributed by atoms with Gasteiger partial charge in [-0.3, -0.25) is 0 Å². The van der Waals surface area contributed by atoms with E-state index < -0.39 is 0 Å². The monoisotopic (exact) mass is 252 g/mol. The fraction of sp³-hybridized carbons (Fsp3) is 0.417. The van der Waals surface area contributed by atoms with Gasteiger partial charge in [0.15, 0.2) is 0 Å². The van der Waals surface area contributed by atoms with Gasteiger partial charge in [-0.2, -0.15) is 0 Å². The summed E-state index contributed by atoms with van der Waals surface area (Å²) in [5.41, 5.74) is 6.96. The van der Waals surface area contributed by atoms with Crippen molar-refractivity contribution in [1.29, 1.82) is 0 Å². The zero-order valence-electron chi connectivity index (χ0n) is 9.56. The maximum atomic E-state index is 5.96. The molecule has 0 aliphatic rings. The average molecular weight is 252 g/mol. The second kappa shape index (κ2) is 4.65. The zero-order valence-corrected chi connectivity index (χ0v) is 11.2. The van der Waals surface area contributed by atoms with Crippen molar-refractivity contribution in [2.75, 3.05) is 0 Å². The van der Waals surface area contributed by atoms with Crippen LogP contribution in [0.25, 0.3) is 10.6 Å². The number of aryl methyl sites for hydroxylation is 1. The van der Waals surface area contributed by atoms with E-state index in [1.54, 1.807) is 22.7 Å². The Bertz CT molecular complexity index is 438. The molecule has 2 N–H and O–H groups in total. The Labute approximate surface area is 104 Å². The fourth-order valence-corrected chi connectivity index (χ4v) is 2.95. The lowest BCUT2D eigenvalue weighted by Crippen LogP contribution is -2.32. The Morgan fingerprint density at radius 2 is 2.19 bits per heavy atom. The van der Waals surface area contributed by atoms with Crippen LogP contribution in [0.15, 0.2) is 22.9 Å². The fourth-order valence-electron chi connectivity index (χ4n) is 1.39. The highest BCUT2D eigenvalue weighted by Gasteiger charge is 2.12. The molecule has 0 bridgehead atoms. The summed E-state index contributed by atoms with van der Waals surface area (Å²) in [6.45, 7) is 4.11. The Morgan fingerprint density at radius 3 is 2.81 bits per heavy atom. The maximum Gasteiger partial charge on any atom is 0.0933 e. The Kier molecular flexibility index (Phi) is 3.42. The molecule has 2 nitrogen and oxygen atoms in total. The van der Waals surface area contributed by atoms with Gasteiger partial charge < -0.3 is 5.73 Å². The molecular weight excluding hydrogens is 236 g/mol. The molecule has 0 saturated heterocycles. The van der Waals surface area contributed by atoms with Crippen LogP contribution in [0.1, 0.15) is 25.3 Å². The molecule has 2 rings (SSSR count). The van der Waals surface area contributed by atoms with Gasteiger partial charge >= 0.3 is 0 Å². The molecule has 86 valence electrons. The van der Waals surface area contributed by atoms with Crippen LogP contribution in [0.4, 0.5) is 0 Å². The first-order valence-electron chi connectivity index (χ1n) is 5.32. The van der Waals surface area contributed by atoms with E-state index in [1.807, 2.05) is 0 Å². The molecule has 16 heavy (non-hydrogen) atoms. The number of nitrogens with two attached hydrogens (primary N) is 1. The highest BCUT2D eigenvalue weighted by molar-refractivity contribution is 7.14. The number of thiazole rings is 1. The molecule has 2 aromatic heterocycles. The second-order valence-electron chi connectivity index (χ2n) is 4.59. The molecule has 4 heteroatoms. The van der Waals surface area contributed by atoms with Gasteiger partial charge in [0.2, 0.25) is 0 Å². The van der Waals surface area contributed by atoms with E-state index in [0.717, 1.165) is 18.5 Å². The van der Waals surface area contributed by atoms with Crippen LogP contribution in [0.2, 0.25) is 0 Å². The molecule has 0 fully saturated rings.